The van der Waals surface area contributed by atoms with Crippen LogP contribution in [0.3, 0.4) is 0 Å². The predicted molar refractivity (Wildman–Crippen MR) is 149 cm³/mol. The maximum Gasteiger partial charge on any atom is 0.267 e. The molecule has 0 aliphatic carbocycles. The number of nitrogens with zero attached hydrogens (tertiary/aromatic N) is 5. The average Bonchev–Trinajstić information content (AvgIpc) is 3.50. The van der Waals surface area contributed by atoms with E-state index in [9.17, 15) is 14.9 Å². The van der Waals surface area contributed by atoms with Crippen molar-refractivity contribution in [2.75, 3.05) is 56.2 Å². The highest BCUT2D eigenvalue weighted by atomic mass is 16.5. The quantitative estimate of drug-likeness (QED) is 0.368. The molecule has 10 nitrogen and oxygen atoms in total. The molecule has 3 aromatic rings. The first kappa shape index (κ1) is 26.3. The van der Waals surface area contributed by atoms with Gasteiger partial charge in [0.2, 0.25) is 0 Å². The van der Waals surface area contributed by atoms with Gasteiger partial charge in [0.05, 0.1) is 18.8 Å². The highest BCUT2D eigenvalue weighted by Gasteiger charge is 2.25. The molecule has 2 aromatic heterocycles. The predicted octanol–water partition coefficient (Wildman–Crippen LogP) is 2.54. The Morgan fingerprint density at radius 3 is 2.62 bits per heavy atom. The number of piperazine rings is 1. The molecule has 202 valence electrons. The van der Waals surface area contributed by atoms with E-state index in [2.05, 4.69) is 15.1 Å². The maximum absolute atomic E-state index is 13.7. The Balaban J connectivity index is 1.45. The number of amides is 1. The van der Waals surface area contributed by atoms with Crippen LogP contribution >= 0.6 is 0 Å². The summed E-state index contributed by atoms with van der Waals surface area (Å²) in [7, 11) is 1.64. The van der Waals surface area contributed by atoms with E-state index in [0.29, 0.717) is 37.7 Å². The van der Waals surface area contributed by atoms with Gasteiger partial charge in [0.25, 0.3) is 11.5 Å². The second kappa shape index (κ2) is 11.6. The number of hydrogen-bond donors (Lipinski definition) is 1. The number of hydrogen-bond acceptors (Lipinski definition) is 8. The molecule has 1 atom stereocenters. The molecule has 2 aliphatic heterocycles. The van der Waals surface area contributed by atoms with Gasteiger partial charge >= 0.3 is 0 Å². The standard InChI is InChI=1S/C29H32N6O4/c1-20-5-3-11-35-26(20)32-27(34-14-12-33(13-15-34)22-7-9-23(38-2)10-8-22)25(29(35)37)17-21(18-30)28(36)31-19-24-6-4-16-39-24/h3,5,7-11,17,24H,4,6,12-16,19H2,1-2H3,(H,31,36)/b21-17+/t24-/m1/s1. The number of aryl methyl sites for hydroxylation is 1. The summed E-state index contributed by atoms with van der Waals surface area (Å²) in [5.74, 6) is 0.749. The van der Waals surface area contributed by atoms with Gasteiger partial charge < -0.3 is 24.6 Å². The van der Waals surface area contributed by atoms with Gasteiger partial charge in [-0.25, -0.2) is 4.98 Å². The van der Waals surface area contributed by atoms with Crippen LogP contribution in [0.5, 0.6) is 5.75 Å². The highest BCUT2D eigenvalue weighted by Crippen LogP contribution is 2.25. The molecule has 1 aromatic carbocycles. The molecule has 0 bridgehead atoms. The van der Waals surface area contributed by atoms with E-state index in [1.165, 1.54) is 10.5 Å². The van der Waals surface area contributed by atoms with Crippen LogP contribution in [0.1, 0.15) is 24.0 Å². The molecule has 2 saturated heterocycles. The summed E-state index contributed by atoms with van der Waals surface area (Å²) in [5, 5.41) is 12.6. The second-order valence-corrected chi connectivity index (χ2v) is 9.73. The number of fused-ring (bicyclic) bond motifs is 1. The van der Waals surface area contributed by atoms with Gasteiger partial charge in [-0.3, -0.25) is 14.0 Å². The van der Waals surface area contributed by atoms with Crippen LogP contribution in [0.15, 0.2) is 53.0 Å². The van der Waals surface area contributed by atoms with Gasteiger partial charge in [-0.1, -0.05) is 6.07 Å². The fourth-order valence-corrected chi connectivity index (χ4v) is 5.04. The van der Waals surface area contributed by atoms with Crippen molar-refractivity contribution in [3.8, 4) is 11.8 Å². The second-order valence-electron chi connectivity index (χ2n) is 9.73. The normalized spacial score (nSPS) is 17.8. The van der Waals surface area contributed by atoms with E-state index >= 15 is 0 Å². The van der Waals surface area contributed by atoms with Crippen molar-refractivity contribution in [1.29, 1.82) is 5.26 Å². The molecular formula is C29H32N6O4. The van der Waals surface area contributed by atoms with Crippen LogP contribution in [0.4, 0.5) is 11.5 Å². The zero-order chi connectivity index (χ0) is 27.4. The summed E-state index contributed by atoms with van der Waals surface area (Å²) < 4.78 is 12.3. The highest BCUT2D eigenvalue weighted by molar-refractivity contribution is 6.02. The number of methoxy groups -OCH3 is 1. The fourth-order valence-electron chi connectivity index (χ4n) is 5.04. The van der Waals surface area contributed by atoms with Crippen LogP contribution in [0.2, 0.25) is 0 Å². The first-order chi connectivity index (χ1) is 19.0. The van der Waals surface area contributed by atoms with Crippen molar-refractivity contribution in [2.24, 2.45) is 0 Å². The Kier molecular flexibility index (Phi) is 7.79. The first-order valence-electron chi connectivity index (χ1n) is 13.2. The Hall–Kier alpha value is -4.36. The van der Waals surface area contributed by atoms with Crippen molar-refractivity contribution in [3.63, 3.8) is 0 Å². The lowest BCUT2D eigenvalue weighted by Gasteiger charge is -2.37. The minimum atomic E-state index is -0.531. The number of anilines is 2. The summed E-state index contributed by atoms with van der Waals surface area (Å²) in [6.45, 7) is 5.58. The molecule has 2 aliphatic rings. The van der Waals surface area contributed by atoms with Crippen molar-refractivity contribution in [2.45, 2.75) is 25.9 Å². The number of nitriles is 1. The molecule has 39 heavy (non-hydrogen) atoms. The SMILES string of the molecule is COc1ccc(N2CCN(c3nc4c(C)cccn4c(=O)c3/C=C(\C#N)C(=O)NC[C@H]3CCCO3)CC2)cc1. The number of nitrogens with one attached hydrogen (secondary N) is 1. The minimum absolute atomic E-state index is 0.0533. The third-order valence-corrected chi connectivity index (χ3v) is 7.25. The number of carbonyl (C=O) groups is 1. The fraction of sp³-hybridized carbons (Fsp3) is 0.379. The number of pyridine rings is 1. The van der Waals surface area contributed by atoms with Gasteiger partial charge in [0.15, 0.2) is 0 Å². The van der Waals surface area contributed by atoms with E-state index in [0.717, 1.165) is 42.9 Å². The minimum Gasteiger partial charge on any atom is -0.497 e. The van der Waals surface area contributed by atoms with E-state index < -0.39 is 5.91 Å². The van der Waals surface area contributed by atoms with E-state index in [1.807, 2.05) is 43.3 Å². The van der Waals surface area contributed by atoms with Crippen molar-refractivity contribution >= 4 is 29.1 Å². The third-order valence-electron chi connectivity index (χ3n) is 7.25. The van der Waals surface area contributed by atoms with Crippen LogP contribution in [0.25, 0.3) is 11.7 Å². The largest absolute Gasteiger partial charge is 0.497 e. The monoisotopic (exact) mass is 528 g/mol. The lowest BCUT2D eigenvalue weighted by Crippen LogP contribution is -2.47. The topological polar surface area (TPSA) is 112 Å². The molecule has 4 heterocycles. The Labute approximate surface area is 227 Å². The van der Waals surface area contributed by atoms with Gasteiger partial charge in [0.1, 0.15) is 28.9 Å². The Bertz CT molecular complexity index is 1480. The summed E-state index contributed by atoms with van der Waals surface area (Å²) in [6.07, 6.45) is 4.80. The van der Waals surface area contributed by atoms with E-state index in [4.69, 9.17) is 14.5 Å². The molecule has 0 radical (unpaired) electrons. The zero-order valence-corrected chi connectivity index (χ0v) is 22.2. The molecular weight excluding hydrogens is 496 g/mol. The van der Waals surface area contributed by atoms with Crippen molar-refractivity contribution < 1.29 is 14.3 Å². The first-order valence-corrected chi connectivity index (χ1v) is 13.2. The van der Waals surface area contributed by atoms with E-state index in [1.54, 1.807) is 19.4 Å². The summed E-state index contributed by atoms with van der Waals surface area (Å²) in [4.78, 5) is 35.8. The lowest BCUT2D eigenvalue weighted by molar-refractivity contribution is -0.117. The van der Waals surface area contributed by atoms with Crippen LogP contribution in [0, 0.1) is 18.3 Å². The number of benzene rings is 1. The number of aromatic nitrogens is 2. The van der Waals surface area contributed by atoms with Crippen LogP contribution < -0.4 is 25.4 Å². The van der Waals surface area contributed by atoms with Crippen LogP contribution in [-0.4, -0.2) is 67.8 Å². The Morgan fingerprint density at radius 1 is 1.21 bits per heavy atom. The smallest absolute Gasteiger partial charge is 0.267 e. The molecule has 0 unspecified atom stereocenters. The van der Waals surface area contributed by atoms with E-state index in [-0.39, 0.29) is 22.8 Å². The van der Waals surface area contributed by atoms with Gasteiger partial charge in [-0.2, -0.15) is 5.26 Å². The molecule has 10 heteroatoms. The molecule has 0 saturated carbocycles. The molecule has 1 amide bonds. The van der Waals surface area contributed by atoms with Crippen LogP contribution in [-0.2, 0) is 9.53 Å². The third kappa shape index (κ3) is 5.59. The zero-order valence-electron chi connectivity index (χ0n) is 22.2. The summed E-state index contributed by atoms with van der Waals surface area (Å²) in [5.41, 5.74) is 2.26. The average molecular weight is 529 g/mol. The lowest BCUT2D eigenvalue weighted by atomic mass is 10.1. The summed E-state index contributed by atoms with van der Waals surface area (Å²) >= 11 is 0. The maximum atomic E-state index is 13.7. The molecule has 0 spiro atoms. The van der Waals surface area contributed by atoms with Crippen molar-refractivity contribution in [3.05, 3.63) is 69.6 Å². The van der Waals surface area contributed by atoms with Crippen molar-refractivity contribution in [1.82, 2.24) is 14.7 Å². The van der Waals surface area contributed by atoms with Gasteiger partial charge in [-0.15, -0.1) is 0 Å². The van der Waals surface area contributed by atoms with Gasteiger partial charge in [-0.05, 0) is 61.7 Å². The number of rotatable bonds is 7. The summed E-state index contributed by atoms with van der Waals surface area (Å²) in [6, 6.07) is 13.6. The Morgan fingerprint density at radius 2 is 1.95 bits per heavy atom. The number of carbonyl (C=O) groups excluding carboxylic acids is 1. The van der Waals surface area contributed by atoms with Gasteiger partial charge in [0, 0.05) is 51.2 Å². The molecule has 5 rings (SSSR count). The molecule has 1 N–H and O–H groups in total. The molecule has 2 fully saturated rings. The number of ether oxygens (including phenoxy) is 2.